The van der Waals surface area contributed by atoms with Gasteiger partial charge in [-0.3, -0.25) is 4.79 Å². The highest BCUT2D eigenvalue weighted by Gasteiger charge is 2.14. The molecule has 1 amide bonds. The van der Waals surface area contributed by atoms with Crippen LogP contribution >= 0.6 is 23.2 Å². The summed E-state index contributed by atoms with van der Waals surface area (Å²) in [6, 6.07) is 3.45. The molecule has 3 N–H and O–H groups in total. The molecule has 1 aromatic rings. The molecule has 0 spiro atoms. The van der Waals surface area contributed by atoms with Crippen LogP contribution in [0.15, 0.2) is 12.1 Å². The summed E-state index contributed by atoms with van der Waals surface area (Å²) in [7, 11) is 1.59. The van der Waals surface area contributed by atoms with Gasteiger partial charge in [0.1, 0.15) is 5.75 Å². The number of nitrogens with two attached hydrogens (primary N) is 1. The fraction of sp³-hybridized carbons (Fsp3) is 0.500. The van der Waals surface area contributed by atoms with Crippen LogP contribution in [0.3, 0.4) is 0 Å². The topological polar surface area (TPSA) is 64.3 Å². The summed E-state index contributed by atoms with van der Waals surface area (Å²) in [5.41, 5.74) is 6.84. The number of amides is 1. The largest absolute Gasteiger partial charge is 0.491 e. The van der Waals surface area contributed by atoms with Crippen molar-refractivity contribution in [3.63, 3.8) is 0 Å². The van der Waals surface area contributed by atoms with Crippen molar-refractivity contribution in [1.82, 2.24) is 5.32 Å². The van der Waals surface area contributed by atoms with Crippen molar-refractivity contribution in [2.24, 2.45) is 5.73 Å². The fourth-order valence-electron chi connectivity index (χ4n) is 1.72. The first-order valence-electron chi connectivity index (χ1n) is 6.54. The second-order valence-corrected chi connectivity index (χ2v) is 5.36. The minimum atomic E-state index is -0.0816. The van der Waals surface area contributed by atoms with E-state index in [9.17, 15) is 4.79 Å². The van der Waals surface area contributed by atoms with Crippen LogP contribution in [0.4, 0.5) is 0 Å². The highest BCUT2D eigenvalue weighted by atomic mass is 35.5. The second kappa shape index (κ2) is 8.35. The SMILES string of the molecule is CCC(N)Cc1cc(Cl)cc(Cl)c1OCCC(=O)NC. The molecular weight excluding hydrogens is 299 g/mol. The van der Waals surface area contributed by atoms with E-state index in [-0.39, 0.29) is 25.0 Å². The van der Waals surface area contributed by atoms with Gasteiger partial charge in [0.25, 0.3) is 0 Å². The number of halogens is 2. The van der Waals surface area contributed by atoms with Gasteiger partial charge in [-0.1, -0.05) is 30.1 Å². The van der Waals surface area contributed by atoms with Crippen molar-refractivity contribution in [2.75, 3.05) is 13.7 Å². The van der Waals surface area contributed by atoms with Gasteiger partial charge in [-0.05, 0) is 30.5 Å². The first-order valence-corrected chi connectivity index (χ1v) is 7.30. The molecule has 0 aliphatic rings. The molecule has 1 rings (SSSR count). The van der Waals surface area contributed by atoms with Crippen LogP contribution in [0.25, 0.3) is 0 Å². The van der Waals surface area contributed by atoms with E-state index in [0.29, 0.717) is 22.2 Å². The van der Waals surface area contributed by atoms with Crippen molar-refractivity contribution in [3.05, 3.63) is 27.7 Å². The van der Waals surface area contributed by atoms with Crippen LogP contribution < -0.4 is 15.8 Å². The van der Waals surface area contributed by atoms with Crippen LogP contribution in [0, 0.1) is 0 Å². The zero-order valence-corrected chi connectivity index (χ0v) is 13.2. The molecule has 1 unspecified atom stereocenters. The summed E-state index contributed by atoms with van der Waals surface area (Å²) in [5.74, 6) is 0.478. The average Bonchev–Trinajstić information content (AvgIpc) is 2.41. The maximum absolute atomic E-state index is 11.2. The van der Waals surface area contributed by atoms with E-state index >= 15 is 0 Å². The molecule has 112 valence electrons. The van der Waals surface area contributed by atoms with E-state index in [1.165, 1.54) is 0 Å². The zero-order valence-electron chi connectivity index (χ0n) is 11.7. The lowest BCUT2D eigenvalue weighted by atomic mass is 10.0. The zero-order chi connectivity index (χ0) is 15.1. The van der Waals surface area contributed by atoms with E-state index in [4.69, 9.17) is 33.7 Å². The van der Waals surface area contributed by atoms with E-state index in [0.717, 1.165) is 12.0 Å². The molecule has 6 heteroatoms. The lowest BCUT2D eigenvalue weighted by molar-refractivity contribution is -0.121. The van der Waals surface area contributed by atoms with Gasteiger partial charge in [0.15, 0.2) is 0 Å². The first kappa shape index (κ1) is 17.1. The van der Waals surface area contributed by atoms with E-state index < -0.39 is 0 Å². The number of hydrogen-bond acceptors (Lipinski definition) is 3. The molecular formula is C14H20Cl2N2O2. The maximum atomic E-state index is 11.2. The molecule has 1 atom stereocenters. The van der Waals surface area contributed by atoms with Gasteiger partial charge in [0.2, 0.25) is 5.91 Å². The number of benzene rings is 1. The van der Waals surface area contributed by atoms with Gasteiger partial charge in [0.05, 0.1) is 18.1 Å². The lowest BCUT2D eigenvalue weighted by Crippen LogP contribution is -2.22. The quantitative estimate of drug-likeness (QED) is 0.812. The van der Waals surface area contributed by atoms with Gasteiger partial charge in [-0.2, -0.15) is 0 Å². The molecule has 0 fully saturated rings. The second-order valence-electron chi connectivity index (χ2n) is 4.52. The summed E-state index contributed by atoms with van der Waals surface area (Å²) >= 11 is 12.2. The molecule has 0 heterocycles. The Balaban J connectivity index is 2.83. The summed E-state index contributed by atoms with van der Waals surface area (Å²) in [6.45, 7) is 2.28. The fourth-order valence-corrected chi connectivity index (χ4v) is 2.31. The van der Waals surface area contributed by atoms with Crippen molar-refractivity contribution in [2.45, 2.75) is 32.2 Å². The number of carbonyl (C=O) groups is 1. The van der Waals surface area contributed by atoms with Crippen molar-refractivity contribution < 1.29 is 9.53 Å². The Bertz CT molecular complexity index is 467. The molecule has 0 radical (unpaired) electrons. The van der Waals surface area contributed by atoms with Crippen molar-refractivity contribution in [3.8, 4) is 5.75 Å². The van der Waals surface area contributed by atoms with Crippen LogP contribution in [0.5, 0.6) is 5.75 Å². The van der Waals surface area contributed by atoms with E-state index in [1.54, 1.807) is 19.2 Å². The first-order chi connectivity index (χ1) is 9.47. The number of carbonyl (C=O) groups excluding carboxylic acids is 1. The Kier molecular flexibility index (Phi) is 7.13. The maximum Gasteiger partial charge on any atom is 0.223 e. The van der Waals surface area contributed by atoms with Gasteiger partial charge in [0, 0.05) is 18.1 Å². The van der Waals surface area contributed by atoms with Gasteiger partial charge < -0.3 is 15.8 Å². The Morgan fingerprint density at radius 1 is 1.45 bits per heavy atom. The Labute approximate surface area is 129 Å². The minimum Gasteiger partial charge on any atom is -0.491 e. The van der Waals surface area contributed by atoms with Gasteiger partial charge >= 0.3 is 0 Å². The summed E-state index contributed by atoms with van der Waals surface area (Å²) < 4.78 is 5.63. The molecule has 4 nitrogen and oxygen atoms in total. The van der Waals surface area contributed by atoms with Gasteiger partial charge in [-0.25, -0.2) is 0 Å². The van der Waals surface area contributed by atoms with Crippen LogP contribution in [0.2, 0.25) is 10.0 Å². The Morgan fingerprint density at radius 3 is 2.75 bits per heavy atom. The monoisotopic (exact) mass is 318 g/mol. The molecule has 0 saturated carbocycles. The highest BCUT2D eigenvalue weighted by molar-refractivity contribution is 6.35. The molecule has 0 bridgehead atoms. The molecule has 0 aliphatic carbocycles. The van der Waals surface area contributed by atoms with E-state index in [1.807, 2.05) is 6.92 Å². The number of nitrogens with one attached hydrogen (secondary N) is 1. The Hall–Kier alpha value is -0.970. The van der Waals surface area contributed by atoms with Crippen molar-refractivity contribution in [1.29, 1.82) is 0 Å². The smallest absolute Gasteiger partial charge is 0.223 e. The average molecular weight is 319 g/mol. The minimum absolute atomic E-state index is 0.0193. The van der Waals surface area contributed by atoms with Crippen molar-refractivity contribution >= 4 is 29.1 Å². The molecule has 0 saturated heterocycles. The summed E-state index contributed by atoms with van der Waals surface area (Å²) in [5, 5.41) is 3.52. The van der Waals surface area contributed by atoms with Crippen LogP contribution in [-0.4, -0.2) is 25.6 Å². The molecule has 1 aromatic carbocycles. The lowest BCUT2D eigenvalue weighted by Gasteiger charge is -2.16. The third-order valence-corrected chi connectivity index (χ3v) is 3.45. The molecule has 0 aromatic heterocycles. The van der Waals surface area contributed by atoms with Crippen LogP contribution in [0.1, 0.15) is 25.3 Å². The third-order valence-electron chi connectivity index (χ3n) is 2.95. The normalized spacial score (nSPS) is 12.1. The highest BCUT2D eigenvalue weighted by Crippen LogP contribution is 2.33. The number of hydrogen-bond donors (Lipinski definition) is 2. The third kappa shape index (κ3) is 5.19. The van der Waals surface area contributed by atoms with Crippen LogP contribution in [-0.2, 0) is 11.2 Å². The summed E-state index contributed by atoms with van der Waals surface area (Å²) in [4.78, 5) is 11.2. The molecule has 0 aliphatic heterocycles. The number of ether oxygens (including phenoxy) is 1. The van der Waals surface area contributed by atoms with Gasteiger partial charge in [-0.15, -0.1) is 0 Å². The predicted octanol–water partition coefficient (Wildman–Crippen LogP) is 2.79. The predicted molar refractivity (Wildman–Crippen MR) is 82.6 cm³/mol. The van der Waals surface area contributed by atoms with E-state index in [2.05, 4.69) is 5.32 Å². The number of rotatable bonds is 7. The molecule has 20 heavy (non-hydrogen) atoms. The Morgan fingerprint density at radius 2 is 2.15 bits per heavy atom. The summed E-state index contributed by atoms with van der Waals surface area (Å²) in [6.07, 6.45) is 1.75. The standard InChI is InChI=1S/C14H20Cl2N2O2/c1-3-11(17)7-9-6-10(15)8-12(16)14(9)20-5-4-13(19)18-2/h6,8,11H,3-5,7,17H2,1-2H3,(H,18,19).